The maximum atomic E-state index is 6.30. The van der Waals surface area contributed by atoms with Crippen LogP contribution < -0.4 is 4.74 Å². The number of benzene rings is 1. The molecule has 0 heterocycles. The zero-order chi connectivity index (χ0) is 13.5. The Bertz CT molecular complexity index is 443. The van der Waals surface area contributed by atoms with E-state index in [1.54, 1.807) is 0 Å². The lowest BCUT2D eigenvalue weighted by Gasteiger charge is -2.50. The van der Waals surface area contributed by atoms with Gasteiger partial charge in [0.15, 0.2) is 0 Å². The van der Waals surface area contributed by atoms with Gasteiger partial charge in [0, 0.05) is 13.8 Å². The van der Waals surface area contributed by atoms with E-state index < -0.39 is 0 Å². The molecular formula is C13H14BrI3O. The molecule has 1 aromatic carbocycles. The highest BCUT2D eigenvalue weighted by atomic mass is 127. The van der Waals surface area contributed by atoms with Crippen LogP contribution in [0.5, 0.6) is 5.75 Å². The van der Waals surface area contributed by atoms with Gasteiger partial charge >= 0.3 is 0 Å². The van der Waals surface area contributed by atoms with Crippen molar-refractivity contribution < 1.29 is 4.74 Å². The van der Waals surface area contributed by atoms with Gasteiger partial charge in [-0.3, -0.25) is 0 Å². The molecule has 5 heteroatoms. The minimum Gasteiger partial charge on any atom is -0.488 e. The summed E-state index contributed by atoms with van der Waals surface area (Å²) >= 11 is 10.8. The smallest absolute Gasteiger partial charge is 0.146 e. The van der Waals surface area contributed by atoms with Gasteiger partial charge in [0.05, 0.1) is 7.14 Å². The standard InChI is InChI=1S/C13H14BrI3O/c1-3-13(2)10(14)6-11(13)18-12-8(16)4-7(15)5-9(12)17/h4-5,10-11H,3,6H2,1-2H3. The largest absolute Gasteiger partial charge is 0.488 e. The highest BCUT2D eigenvalue weighted by molar-refractivity contribution is 14.1. The zero-order valence-electron chi connectivity index (χ0n) is 10.1. The average Bonchev–Trinajstić information content (AvgIpc) is 2.30. The SMILES string of the molecule is CCC1(C)C(Br)CC1Oc1c(I)cc(I)cc1I. The Morgan fingerprint density at radius 3 is 2.33 bits per heavy atom. The van der Waals surface area contributed by atoms with Crippen molar-refractivity contribution in [2.45, 2.75) is 37.6 Å². The van der Waals surface area contributed by atoms with Crippen molar-refractivity contribution in [3.05, 3.63) is 22.8 Å². The van der Waals surface area contributed by atoms with Gasteiger partial charge < -0.3 is 4.74 Å². The van der Waals surface area contributed by atoms with Crippen LogP contribution in [0.3, 0.4) is 0 Å². The summed E-state index contributed by atoms with van der Waals surface area (Å²) in [7, 11) is 0. The lowest BCUT2D eigenvalue weighted by atomic mass is 9.65. The molecule has 1 fully saturated rings. The van der Waals surface area contributed by atoms with E-state index in [0.717, 1.165) is 18.6 Å². The average molecular weight is 647 g/mol. The molecule has 0 N–H and O–H groups in total. The molecule has 0 radical (unpaired) electrons. The molecule has 1 saturated carbocycles. The summed E-state index contributed by atoms with van der Waals surface area (Å²) in [5.74, 6) is 1.06. The summed E-state index contributed by atoms with van der Waals surface area (Å²) < 4.78 is 9.98. The third-order valence-corrected chi connectivity index (χ3v) is 7.50. The van der Waals surface area contributed by atoms with Crippen LogP contribution >= 0.6 is 83.7 Å². The first-order chi connectivity index (χ1) is 8.38. The number of halogens is 4. The van der Waals surface area contributed by atoms with E-state index in [1.807, 2.05) is 0 Å². The second-order valence-electron chi connectivity index (χ2n) is 4.87. The molecule has 18 heavy (non-hydrogen) atoms. The maximum Gasteiger partial charge on any atom is 0.146 e. The van der Waals surface area contributed by atoms with Crippen molar-refractivity contribution in [3.63, 3.8) is 0 Å². The molecule has 1 aliphatic rings. The van der Waals surface area contributed by atoms with Crippen LogP contribution in [0, 0.1) is 16.1 Å². The molecule has 0 aromatic heterocycles. The second-order valence-corrected chi connectivity index (χ2v) is 9.54. The van der Waals surface area contributed by atoms with E-state index in [0.29, 0.717) is 10.9 Å². The molecule has 0 spiro atoms. The number of alkyl halides is 1. The van der Waals surface area contributed by atoms with Gasteiger partial charge in [-0.05, 0) is 92.7 Å². The van der Waals surface area contributed by atoms with Crippen molar-refractivity contribution in [1.82, 2.24) is 0 Å². The summed E-state index contributed by atoms with van der Waals surface area (Å²) in [6.45, 7) is 4.56. The molecule has 3 unspecified atom stereocenters. The zero-order valence-corrected chi connectivity index (χ0v) is 18.2. The molecule has 0 bridgehead atoms. The fraction of sp³-hybridized carbons (Fsp3) is 0.538. The lowest BCUT2D eigenvalue weighted by Crippen LogP contribution is -2.54. The Morgan fingerprint density at radius 1 is 1.33 bits per heavy atom. The fourth-order valence-electron chi connectivity index (χ4n) is 2.18. The van der Waals surface area contributed by atoms with Gasteiger partial charge in [-0.2, -0.15) is 0 Å². The minimum atomic E-state index is 0.259. The first-order valence-electron chi connectivity index (χ1n) is 5.83. The van der Waals surface area contributed by atoms with Gasteiger partial charge in [0.1, 0.15) is 11.9 Å². The molecular weight excluding hydrogens is 633 g/mol. The predicted molar refractivity (Wildman–Crippen MR) is 105 cm³/mol. The first-order valence-corrected chi connectivity index (χ1v) is 9.99. The number of hydrogen-bond acceptors (Lipinski definition) is 1. The molecule has 0 amide bonds. The maximum absolute atomic E-state index is 6.30. The quantitative estimate of drug-likeness (QED) is 0.297. The Labute approximate surface area is 158 Å². The summed E-state index contributed by atoms with van der Waals surface area (Å²) in [6, 6.07) is 4.35. The molecule has 1 nitrogen and oxygen atoms in total. The fourth-order valence-corrected chi connectivity index (χ4v) is 6.98. The van der Waals surface area contributed by atoms with E-state index in [-0.39, 0.29) is 5.41 Å². The van der Waals surface area contributed by atoms with Crippen LogP contribution in [-0.4, -0.2) is 10.9 Å². The van der Waals surface area contributed by atoms with Crippen molar-refractivity contribution in [3.8, 4) is 5.75 Å². The molecule has 0 aliphatic heterocycles. The third-order valence-electron chi connectivity index (χ3n) is 3.86. The van der Waals surface area contributed by atoms with Crippen LogP contribution in [-0.2, 0) is 0 Å². The summed E-state index contributed by atoms with van der Waals surface area (Å²) in [5, 5.41) is 0. The van der Waals surface area contributed by atoms with Gasteiger partial charge in [-0.25, -0.2) is 0 Å². The highest BCUT2D eigenvalue weighted by Gasteiger charge is 2.51. The Kier molecular flexibility index (Phi) is 5.54. The van der Waals surface area contributed by atoms with Crippen LogP contribution in [0.1, 0.15) is 26.7 Å². The molecule has 0 saturated heterocycles. The first kappa shape index (κ1) is 16.1. The lowest BCUT2D eigenvalue weighted by molar-refractivity contribution is -0.0253. The Hall–Kier alpha value is 1.69. The number of rotatable bonds is 3. The van der Waals surface area contributed by atoms with E-state index in [2.05, 4.69) is 110 Å². The van der Waals surface area contributed by atoms with Crippen LogP contribution in [0.25, 0.3) is 0 Å². The van der Waals surface area contributed by atoms with Crippen molar-refractivity contribution in [2.24, 2.45) is 5.41 Å². The number of ether oxygens (including phenoxy) is 1. The van der Waals surface area contributed by atoms with Crippen LogP contribution in [0.4, 0.5) is 0 Å². The van der Waals surface area contributed by atoms with E-state index in [4.69, 9.17) is 4.74 Å². The molecule has 1 aromatic rings. The summed E-state index contributed by atoms with van der Waals surface area (Å²) in [6.07, 6.45) is 2.57. The van der Waals surface area contributed by atoms with Crippen LogP contribution in [0.2, 0.25) is 0 Å². The van der Waals surface area contributed by atoms with Gasteiger partial charge in [0.2, 0.25) is 0 Å². The van der Waals surface area contributed by atoms with Gasteiger partial charge in [-0.1, -0.05) is 29.8 Å². The molecule has 2 rings (SSSR count). The normalized spacial score (nSPS) is 31.0. The second kappa shape index (κ2) is 6.21. The Morgan fingerprint density at radius 2 is 1.89 bits per heavy atom. The minimum absolute atomic E-state index is 0.259. The monoisotopic (exact) mass is 646 g/mol. The van der Waals surface area contributed by atoms with Crippen LogP contribution in [0.15, 0.2) is 12.1 Å². The summed E-state index contributed by atoms with van der Waals surface area (Å²) in [4.78, 5) is 0.583. The van der Waals surface area contributed by atoms with Gasteiger partial charge in [-0.15, -0.1) is 0 Å². The highest BCUT2D eigenvalue weighted by Crippen LogP contribution is 2.50. The van der Waals surface area contributed by atoms with Crippen molar-refractivity contribution in [2.75, 3.05) is 0 Å². The van der Waals surface area contributed by atoms with Gasteiger partial charge in [0.25, 0.3) is 0 Å². The topological polar surface area (TPSA) is 9.23 Å². The van der Waals surface area contributed by atoms with Crippen molar-refractivity contribution >= 4 is 83.7 Å². The van der Waals surface area contributed by atoms with Crippen molar-refractivity contribution in [1.29, 1.82) is 0 Å². The number of hydrogen-bond donors (Lipinski definition) is 0. The Balaban J connectivity index is 2.21. The third kappa shape index (κ3) is 2.98. The van der Waals surface area contributed by atoms with E-state index in [1.165, 1.54) is 10.7 Å². The molecule has 1 aliphatic carbocycles. The molecule has 100 valence electrons. The van der Waals surface area contributed by atoms with E-state index in [9.17, 15) is 0 Å². The molecule has 3 atom stereocenters. The summed E-state index contributed by atoms with van der Waals surface area (Å²) in [5.41, 5.74) is 0.259. The van der Waals surface area contributed by atoms with E-state index >= 15 is 0 Å². The predicted octanol–water partition coefficient (Wildman–Crippen LogP) is 5.83.